The molecule has 2 aliphatic heterocycles. The van der Waals surface area contributed by atoms with Crippen molar-refractivity contribution in [3.05, 3.63) is 36.0 Å². The second-order valence-electron chi connectivity index (χ2n) is 9.90. The van der Waals surface area contributed by atoms with Crippen LogP contribution in [0.1, 0.15) is 81.1 Å². The Balaban J connectivity index is 0.00000361. The summed E-state index contributed by atoms with van der Waals surface area (Å²) in [6.07, 6.45) is 17.4. The summed E-state index contributed by atoms with van der Waals surface area (Å²) in [6, 6.07) is 3.56. The number of halogens is 2. The standard InChI is InChI=1S/C26H38FN7O.ClH/c27-22-15-21(16-31-24(22)25(28)35)32-26-30-14-12-23(33-26)34-17-19-9-7-5-3-1-2-4-6-8-13-29-20(18-34)11-10-19;/h12,14-16,19-20,29H,1-11,13,17-18H2,(H2,28,35)(H,30,32,33);1H. The number of amides is 1. The van der Waals surface area contributed by atoms with E-state index in [1.165, 1.54) is 82.9 Å². The van der Waals surface area contributed by atoms with Crippen LogP contribution in [0.5, 0.6) is 0 Å². The number of aromatic nitrogens is 3. The Morgan fingerprint density at radius 1 is 1.03 bits per heavy atom. The summed E-state index contributed by atoms with van der Waals surface area (Å²) >= 11 is 0. The zero-order chi connectivity index (χ0) is 24.5. The number of anilines is 3. The molecule has 0 aromatic carbocycles. The van der Waals surface area contributed by atoms with Gasteiger partial charge >= 0.3 is 0 Å². The molecule has 0 aliphatic carbocycles. The van der Waals surface area contributed by atoms with Gasteiger partial charge in [-0.15, -0.1) is 12.4 Å². The monoisotopic (exact) mass is 519 g/mol. The Hall–Kier alpha value is -2.52. The van der Waals surface area contributed by atoms with Crippen LogP contribution in [0.2, 0.25) is 0 Å². The predicted molar refractivity (Wildman–Crippen MR) is 144 cm³/mol. The van der Waals surface area contributed by atoms with Crippen LogP contribution in [0.4, 0.5) is 21.8 Å². The Morgan fingerprint density at radius 2 is 1.78 bits per heavy atom. The largest absolute Gasteiger partial charge is 0.364 e. The number of rotatable bonds is 4. The fraction of sp³-hybridized carbons (Fsp3) is 0.615. The minimum atomic E-state index is -0.900. The third kappa shape index (κ3) is 8.27. The number of fused-ring (bicyclic) bond motifs is 3. The van der Waals surface area contributed by atoms with Crippen LogP contribution in [0.3, 0.4) is 0 Å². The summed E-state index contributed by atoms with van der Waals surface area (Å²) in [7, 11) is 0. The highest BCUT2D eigenvalue weighted by atomic mass is 35.5. The van der Waals surface area contributed by atoms with Crippen molar-refractivity contribution in [3.8, 4) is 0 Å². The number of hydrogen-bond donors (Lipinski definition) is 3. The number of carbonyl (C=O) groups excluding carboxylic acids is 1. The number of nitrogens with zero attached hydrogens (tertiary/aromatic N) is 4. The van der Waals surface area contributed by atoms with E-state index in [-0.39, 0.29) is 18.1 Å². The maximum Gasteiger partial charge on any atom is 0.270 e. The fourth-order valence-electron chi connectivity index (χ4n) is 5.19. The van der Waals surface area contributed by atoms with Crippen molar-refractivity contribution in [2.24, 2.45) is 11.7 Å². The molecule has 4 rings (SSSR count). The molecule has 4 N–H and O–H groups in total. The average molecular weight is 520 g/mol. The molecule has 1 amide bonds. The number of carbonyl (C=O) groups is 1. The van der Waals surface area contributed by atoms with Crippen LogP contribution in [0, 0.1) is 11.7 Å². The molecule has 2 bridgehead atoms. The molecule has 4 heterocycles. The van der Waals surface area contributed by atoms with E-state index < -0.39 is 11.7 Å². The van der Waals surface area contributed by atoms with Gasteiger partial charge in [0, 0.05) is 31.4 Å². The quantitative estimate of drug-likeness (QED) is 0.523. The minimum Gasteiger partial charge on any atom is -0.364 e. The van der Waals surface area contributed by atoms with Crippen LogP contribution in [-0.4, -0.2) is 46.5 Å². The van der Waals surface area contributed by atoms with E-state index in [4.69, 9.17) is 10.7 Å². The highest BCUT2D eigenvalue weighted by molar-refractivity contribution is 5.91. The number of nitrogens with two attached hydrogens (primary N) is 1. The lowest BCUT2D eigenvalue weighted by Crippen LogP contribution is -2.41. The first-order valence-electron chi connectivity index (χ1n) is 13.1. The highest BCUT2D eigenvalue weighted by Crippen LogP contribution is 2.27. The van der Waals surface area contributed by atoms with Crippen LogP contribution in [0.15, 0.2) is 24.5 Å². The van der Waals surface area contributed by atoms with Gasteiger partial charge in [0.2, 0.25) is 5.95 Å². The topological polar surface area (TPSA) is 109 Å². The zero-order valence-corrected chi connectivity index (χ0v) is 21.7. The molecule has 2 saturated heterocycles. The molecule has 0 spiro atoms. The van der Waals surface area contributed by atoms with E-state index in [1.807, 2.05) is 6.07 Å². The summed E-state index contributed by atoms with van der Waals surface area (Å²) in [5.74, 6) is 0.205. The van der Waals surface area contributed by atoms with E-state index in [9.17, 15) is 9.18 Å². The molecule has 2 aliphatic rings. The van der Waals surface area contributed by atoms with E-state index in [1.54, 1.807) is 6.20 Å². The van der Waals surface area contributed by atoms with Gasteiger partial charge in [0.15, 0.2) is 11.5 Å². The van der Waals surface area contributed by atoms with Crippen LogP contribution in [-0.2, 0) is 0 Å². The molecule has 198 valence electrons. The molecule has 2 aromatic rings. The molecule has 36 heavy (non-hydrogen) atoms. The number of hydrogen-bond acceptors (Lipinski definition) is 7. The van der Waals surface area contributed by atoms with E-state index in [2.05, 4.69) is 25.5 Å². The summed E-state index contributed by atoms with van der Waals surface area (Å²) in [5.41, 5.74) is 5.12. The van der Waals surface area contributed by atoms with Crippen molar-refractivity contribution >= 4 is 35.8 Å². The maximum atomic E-state index is 14.1. The first-order chi connectivity index (χ1) is 17.1. The van der Waals surface area contributed by atoms with Crippen molar-refractivity contribution in [1.29, 1.82) is 0 Å². The van der Waals surface area contributed by atoms with Gasteiger partial charge in [-0.05, 0) is 44.2 Å². The molecule has 2 atom stereocenters. The van der Waals surface area contributed by atoms with E-state index in [0.29, 0.717) is 23.6 Å². The molecular weight excluding hydrogens is 481 g/mol. The molecule has 2 unspecified atom stereocenters. The van der Waals surface area contributed by atoms with Gasteiger partial charge in [0.25, 0.3) is 5.91 Å². The number of nitrogens with one attached hydrogen (secondary N) is 2. The van der Waals surface area contributed by atoms with Crippen LogP contribution in [0.25, 0.3) is 0 Å². The maximum absolute atomic E-state index is 14.1. The molecule has 8 nitrogen and oxygen atoms in total. The van der Waals surface area contributed by atoms with Crippen molar-refractivity contribution in [2.75, 3.05) is 29.9 Å². The van der Waals surface area contributed by atoms with E-state index >= 15 is 0 Å². The molecule has 0 radical (unpaired) electrons. The Bertz CT molecular complexity index is 957. The lowest BCUT2D eigenvalue weighted by atomic mass is 9.95. The van der Waals surface area contributed by atoms with Crippen LogP contribution < -0.4 is 21.3 Å². The van der Waals surface area contributed by atoms with Crippen LogP contribution >= 0.6 is 12.4 Å². The van der Waals surface area contributed by atoms with Gasteiger partial charge in [-0.3, -0.25) is 4.79 Å². The fourth-order valence-corrected chi connectivity index (χ4v) is 5.19. The molecule has 10 heteroatoms. The summed E-state index contributed by atoms with van der Waals surface area (Å²) < 4.78 is 14.1. The average Bonchev–Trinajstić information content (AvgIpc) is 3.05. The Morgan fingerprint density at radius 3 is 2.53 bits per heavy atom. The molecule has 0 saturated carbocycles. The first-order valence-corrected chi connectivity index (χ1v) is 13.1. The van der Waals surface area contributed by atoms with Gasteiger partial charge in [0.05, 0.1) is 11.9 Å². The molecule has 2 fully saturated rings. The summed E-state index contributed by atoms with van der Waals surface area (Å²) in [4.78, 5) is 26.5. The van der Waals surface area contributed by atoms with Gasteiger partial charge in [0.1, 0.15) is 5.82 Å². The lowest BCUT2D eigenvalue weighted by molar-refractivity contribution is 0.0991. The highest BCUT2D eigenvalue weighted by Gasteiger charge is 2.25. The van der Waals surface area contributed by atoms with Crippen molar-refractivity contribution < 1.29 is 9.18 Å². The lowest BCUT2D eigenvalue weighted by Gasteiger charge is -2.28. The second-order valence-corrected chi connectivity index (χ2v) is 9.90. The first kappa shape index (κ1) is 28.1. The number of primary amides is 1. The molecular formula is C26H39ClFN7O. The van der Waals surface area contributed by atoms with Crippen molar-refractivity contribution in [3.63, 3.8) is 0 Å². The zero-order valence-electron chi connectivity index (χ0n) is 20.9. The Kier molecular flexibility index (Phi) is 11.1. The van der Waals surface area contributed by atoms with Gasteiger partial charge in [-0.25, -0.2) is 14.4 Å². The van der Waals surface area contributed by atoms with Crippen molar-refractivity contribution in [1.82, 2.24) is 20.3 Å². The van der Waals surface area contributed by atoms with Gasteiger partial charge < -0.3 is 21.3 Å². The third-order valence-corrected chi connectivity index (χ3v) is 7.11. The van der Waals surface area contributed by atoms with Crippen molar-refractivity contribution in [2.45, 2.75) is 76.7 Å². The smallest absolute Gasteiger partial charge is 0.270 e. The third-order valence-electron chi connectivity index (χ3n) is 7.11. The number of pyridine rings is 1. The summed E-state index contributed by atoms with van der Waals surface area (Å²) in [6.45, 7) is 2.97. The summed E-state index contributed by atoms with van der Waals surface area (Å²) in [5, 5.41) is 6.81. The predicted octanol–water partition coefficient (Wildman–Crippen LogP) is 4.97. The minimum absolute atomic E-state index is 0. The van der Waals surface area contributed by atoms with Gasteiger partial charge in [-0.2, -0.15) is 4.98 Å². The van der Waals surface area contributed by atoms with E-state index in [0.717, 1.165) is 25.5 Å². The Labute approximate surface area is 219 Å². The SMILES string of the molecule is Cl.NC(=O)c1ncc(Nc2nccc(N3CC4CCCCCCCCCCNC(CC4)C3)n2)cc1F. The molecule has 2 aromatic heterocycles. The second kappa shape index (κ2) is 14.3. The van der Waals surface area contributed by atoms with Gasteiger partial charge in [-0.1, -0.05) is 44.9 Å². The normalized spacial score (nSPS) is 22.0.